The molecular formula is C8H14Cl3V. The first-order chi connectivity index (χ1) is 4.04. The minimum Gasteiger partial charge on any atom is -0.147 e. The van der Waals surface area contributed by atoms with E-state index in [9.17, 15) is 0 Å². The molecule has 1 atom stereocenters. The Morgan fingerprint density at radius 2 is 1.58 bits per heavy atom. The summed E-state index contributed by atoms with van der Waals surface area (Å²) in [5.74, 6) is 0. The van der Waals surface area contributed by atoms with Crippen molar-refractivity contribution in [3.63, 3.8) is 0 Å². The molecule has 0 nitrogen and oxygen atoms in total. The van der Waals surface area contributed by atoms with Crippen molar-refractivity contribution in [2.75, 3.05) is 0 Å². The van der Waals surface area contributed by atoms with Crippen molar-refractivity contribution in [2.24, 2.45) is 0 Å². The van der Waals surface area contributed by atoms with Gasteiger partial charge in [0.05, 0.1) is 0 Å². The van der Waals surface area contributed by atoms with Crippen molar-refractivity contribution in [1.82, 2.24) is 0 Å². The van der Waals surface area contributed by atoms with E-state index in [2.05, 4.69) is 50.3 Å². The van der Waals surface area contributed by atoms with E-state index >= 15 is 0 Å². The average molecular weight is 268 g/mol. The van der Waals surface area contributed by atoms with Crippen LogP contribution in [0.15, 0.2) is 23.3 Å². The summed E-state index contributed by atoms with van der Waals surface area (Å²) in [5.41, 5.74) is 2.89. The zero-order valence-electron chi connectivity index (χ0n) is 7.33. The van der Waals surface area contributed by atoms with Gasteiger partial charge in [0, 0.05) is 0 Å². The molecule has 0 bridgehead atoms. The van der Waals surface area contributed by atoms with Gasteiger partial charge in [0.1, 0.15) is 0 Å². The SMILES string of the molecule is CC1=C(C)[C](C)([V])C=C1.Cl.Cl.Cl. The number of rotatable bonds is 0. The van der Waals surface area contributed by atoms with Crippen LogP contribution in [0.1, 0.15) is 20.8 Å². The van der Waals surface area contributed by atoms with Gasteiger partial charge in [0.25, 0.3) is 0 Å². The molecule has 0 aromatic carbocycles. The molecule has 12 heavy (non-hydrogen) atoms. The fourth-order valence-corrected chi connectivity index (χ4v) is 1.33. The molecule has 1 unspecified atom stereocenters. The molecule has 0 fully saturated rings. The molecule has 1 aliphatic rings. The van der Waals surface area contributed by atoms with E-state index in [0.717, 1.165) is 0 Å². The van der Waals surface area contributed by atoms with Gasteiger partial charge in [-0.2, -0.15) is 0 Å². The average Bonchev–Trinajstić information content (AvgIpc) is 1.97. The fourth-order valence-electron chi connectivity index (χ4n) is 0.936. The normalized spacial score (nSPS) is 25.6. The molecule has 0 saturated heterocycles. The van der Waals surface area contributed by atoms with E-state index in [-0.39, 0.29) is 41.3 Å². The molecule has 0 aliphatic heterocycles. The van der Waals surface area contributed by atoms with Crippen LogP contribution in [0.5, 0.6) is 0 Å². The maximum Gasteiger partial charge on any atom is -0.147 e. The van der Waals surface area contributed by atoms with Crippen molar-refractivity contribution in [3.8, 4) is 0 Å². The van der Waals surface area contributed by atoms with Crippen LogP contribution in [-0.2, 0) is 17.4 Å². The van der Waals surface area contributed by atoms with Crippen molar-refractivity contribution >= 4 is 37.2 Å². The summed E-state index contributed by atoms with van der Waals surface area (Å²) in [4.78, 5) is 0. The molecule has 4 heteroatoms. The molecule has 0 spiro atoms. The number of hydrogen-bond donors (Lipinski definition) is 0. The van der Waals surface area contributed by atoms with Gasteiger partial charge in [-0.05, 0) is 0 Å². The van der Waals surface area contributed by atoms with Gasteiger partial charge in [-0.1, -0.05) is 0 Å². The molecule has 0 radical (unpaired) electrons. The zero-order valence-corrected chi connectivity index (χ0v) is 11.2. The Kier molecular flexibility index (Phi) is 9.95. The molecule has 0 N–H and O–H groups in total. The second kappa shape index (κ2) is 6.40. The van der Waals surface area contributed by atoms with Crippen molar-refractivity contribution < 1.29 is 17.4 Å². The fraction of sp³-hybridized carbons (Fsp3) is 0.500. The molecule has 1 aliphatic carbocycles. The van der Waals surface area contributed by atoms with E-state index in [1.54, 1.807) is 0 Å². The van der Waals surface area contributed by atoms with E-state index in [1.807, 2.05) is 0 Å². The summed E-state index contributed by atoms with van der Waals surface area (Å²) in [5, 5.41) is 0. The Balaban J connectivity index is -0.000000270. The summed E-state index contributed by atoms with van der Waals surface area (Å²) in [6, 6.07) is 0. The zero-order chi connectivity index (χ0) is 7.07. The molecular weight excluding hydrogens is 253 g/mol. The predicted octanol–water partition coefficient (Wildman–Crippen LogP) is 3.88. The third-order valence-electron chi connectivity index (χ3n) is 2.01. The van der Waals surface area contributed by atoms with Crippen LogP contribution in [0.4, 0.5) is 0 Å². The maximum absolute atomic E-state index is 2.70. The number of allylic oxidation sites excluding steroid dienone is 4. The van der Waals surface area contributed by atoms with Gasteiger partial charge in [0.15, 0.2) is 0 Å². The molecule has 72 valence electrons. The van der Waals surface area contributed by atoms with E-state index in [4.69, 9.17) is 0 Å². The summed E-state index contributed by atoms with van der Waals surface area (Å²) >= 11 is 2.70. The molecule has 0 saturated carbocycles. The molecule has 0 heterocycles. The monoisotopic (exact) mass is 266 g/mol. The quantitative estimate of drug-likeness (QED) is 0.625. The first-order valence-corrected chi connectivity index (χ1v) is 3.83. The van der Waals surface area contributed by atoms with Crippen LogP contribution in [0.2, 0.25) is 4.13 Å². The van der Waals surface area contributed by atoms with E-state index in [1.165, 1.54) is 11.1 Å². The van der Waals surface area contributed by atoms with Crippen LogP contribution in [0.3, 0.4) is 0 Å². The molecule has 0 amide bonds. The van der Waals surface area contributed by atoms with Crippen LogP contribution < -0.4 is 0 Å². The topological polar surface area (TPSA) is 0 Å². The van der Waals surface area contributed by atoms with Crippen molar-refractivity contribution in [2.45, 2.75) is 24.9 Å². The van der Waals surface area contributed by atoms with Crippen molar-refractivity contribution in [1.29, 1.82) is 0 Å². The summed E-state index contributed by atoms with van der Waals surface area (Å²) in [6.07, 6.45) is 4.42. The molecule has 1 rings (SSSR count). The maximum atomic E-state index is 2.70. The van der Waals surface area contributed by atoms with Crippen LogP contribution >= 0.6 is 37.2 Å². The van der Waals surface area contributed by atoms with Gasteiger partial charge in [-0.15, -0.1) is 37.2 Å². The minimum absolute atomic E-state index is 0. The van der Waals surface area contributed by atoms with Gasteiger partial charge in [-0.25, -0.2) is 0 Å². The summed E-state index contributed by atoms with van der Waals surface area (Å²) < 4.78 is 0.261. The van der Waals surface area contributed by atoms with Crippen LogP contribution in [0, 0.1) is 0 Å². The minimum atomic E-state index is 0. The van der Waals surface area contributed by atoms with E-state index in [0.29, 0.717) is 0 Å². The van der Waals surface area contributed by atoms with Crippen LogP contribution in [-0.4, -0.2) is 0 Å². The first-order valence-electron chi connectivity index (χ1n) is 3.13. The Morgan fingerprint density at radius 3 is 1.67 bits per heavy atom. The number of halogens is 3. The van der Waals surface area contributed by atoms with Gasteiger partial charge < -0.3 is 0 Å². The van der Waals surface area contributed by atoms with Gasteiger partial charge in [-0.3, -0.25) is 0 Å². The molecule has 0 aromatic rings. The molecule has 0 aromatic heterocycles. The summed E-state index contributed by atoms with van der Waals surface area (Å²) in [6.45, 7) is 6.56. The third-order valence-corrected chi connectivity index (χ3v) is 2.77. The third kappa shape index (κ3) is 3.76. The Labute approximate surface area is 102 Å². The van der Waals surface area contributed by atoms with Crippen LogP contribution in [0.25, 0.3) is 0 Å². The standard InChI is InChI=1S/C8H11.3ClH.V/c1-6-4-5-7(2)8(6)3;;;;/h4-5H,1-3H3;3*1H;. The van der Waals surface area contributed by atoms with Gasteiger partial charge >= 0.3 is 65.6 Å². The summed E-state index contributed by atoms with van der Waals surface area (Å²) in [7, 11) is 0. The second-order valence-electron chi connectivity index (χ2n) is 2.79. The smallest absolute Gasteiger partial charge is 0.147 e. The Morgan fingerprint density at radius 1 is 1.17 bits per heavy atom. The van der Waals surface area contributed by atoms with Crippen molar-refractivity contribution in [3.05, 3.63) is 23.3 Å². The van der Waals surface area contributed by atoms with E-state index < -0.39 is 0 Å². The Bertz CT molecular complexity index is 194. The largest absolute Gasteiger partial charge is 0.147 e. The second-order valence-corrected chi connectivity index (χ2v) is 4.24. The number of hydrogen-bond acceptors (Lipinski definition) is 0. The predicted molar refractivity (Wildman–Crippen MR) is 57.6 cm³/mol. The Hall–Kier alpha value is 0.934. The van der Waals surface area contributed by atoms with Gasteiger partial charge in [0.2, 0.25) is 0 Å². The first kappa shape index (κ1) is 18.7.